The Morgan fingerprint density at radius 1 is 1.19 bits per heavy atom. The minimum absolute atomic E-state index is 0.0108. The molecule has 1 aromatic heterocycles. The molecule has 1 atom stereocenters. The number of aliphatic hydroxyl groups excluding tert-OH is 1. The summed E-state index contributed by atoms with van der Waals surface area (Å²) in [7, 11) is 0. The van der Waals surface area contributed by atoms with E-state index in [1.54, 1.807) is 0 Å². The maximum Gasteiger partial charge on any atom is 0.275 e. The lowest BCUT2D eigenvalue weighted by Crippen LogP contribution is -2.48. The molecule has 3 rings (SSSR count). The topological polar surface area (TPSA) is 73.1 Å². The van der Waals surface area contributed by atoms with E-state index >= 15 is 0 Å². The molecule has 1 amide bonds. The molecule has 0 aliphatic carbocycles. The van der Waals surface area contributed by atoms with Crippen LogP contribution in [0.1, 0.15) is 55.4 Å². The van der Waals surface area contributed by atoms with Gasteiger partial charge in [0.25, 0.3) is 5.91 Å². The van der Waals surface area contributed by atoms with Crippen LogP contribution in [-0.4, -0.2) is 82.6 Å². The van der Waals surface area contributed by atoms with Crippen molar-refractivity contribution in [3.63, 3.8) is 0 Å². The predicted octanol–water partition coefficient (Wildman–Crippen LogP) is 1.58. The van der Waals surface area contributed by atoms with E-state index in [0.717, 1.165) is 77.9 Å². The van der Waals surface area contributed by atoms with Crippen molar-refractivity contribution in [3.8, 4) is 0 Å². The highest BCUT2D eigenvalue weighted by Crippen LogP contribution is 2.14. The molecule has 7 heteroatoms. The molecule has 3 heterocycles. The maximum absolute atomic E-state index is 12.3. The first kappa shape index (κ1) is 19.3. The van der Waals surface area contributed by atoms with Gasteiger partial charge in [-0.05, 0) is 19.3 Å². The molecule has 0 radical (unpaired) electrons. The van der Waals surface area contributed by atoms with Crippen molar-refractivity contribution >= 4 is 5.91 Å². The van der Waals surface area contributed by atoms with Crippen LogP contribution in [0.5, 0.6) is 0 Å². The Bertz CT molecular complexity index is 563. The highest BCUT2D eigenvalue weighted by atomic mass is 16.3. The Balaban J connectivity index is 1.41. The van der Waals surface area contributed by atoms with Crippen molar-refractivity contribution in [2.75, 3.05) is 45.8 Å². The first-order chi connectivity index (χ1) is 12.7. The van der Waals surface area contributed by atoms with Crippen LogP contribution in [0.15, 0.2) is 10.7 Å². The summed E-state index contributed by atoms with van der Waals surface area (Å²) in [5, 5.41) is 10.1. The number of unbranched alkanes of at least 4 members (excludes halogenated alkanes) is 1. The van der Waals surface area contributed by atoms with Crippen LogP contribution < -0.4 is 0 Å². The SMILES string of the molecule is CCCC[C@@H](O)CN1CCN(Cc2nc(C(=O)N3CCCC3)co2)CC1. The number of aromatic nitrogens is 1. The highest BCUT2D eigenvalue weighted by molar-refractivity contribution is 5.92. The third-order valence-corrected chi connectivity index (χ3v) is 5.35. The number of oxazole rings is 1. The van der Waals surface area contributed by atoms with Gasteiger partial charge in [-0.25, -0.2) is 4.98 Å². The molecule has 26 heavy (non-hydrogen) atoms. The third-order valence-electron chi connectivity index (χ3n) is 5.35. The van der Waals surface area contributed by atoms with Crippen molar-refractivity contribution in [2.45, 2.75) is 51.7 Å². The molecule has 1 N–H and O–H groups in total. The van der Waals surface area contributed by atoms with Crippen LogP contribution in [0, 0.1) is 0 Å². The normalized spacial score (nSPS) is 20.6. The number of β-amino-alcohol motifs (C(OH)–C–C–N with tert-alkyl or cyclic N) is 1. The van der Waals surface area contributed by atoms with Gasteiger partial charge in [-0.15, -0.1) is 0 Å². The summed E-state index contributed by atoms with van der Waals surface area (Å²) in [6, 6.07) is 0. The van der Waals surface area contributed by atoms with E-state index in [1.807, 2.05) is 4.90 Å². The van der Waals surface area contributed by atoms with Gasteiger partial charge in [0, 0.05) is 45.8 Å². The Kier molecular flexibility index (Phi) is 7.05. The molecule has 0 saturated carbocycles. The molecule has 2 aliphatic heterocycles. The maximum atomic E-state index is 12.3. The fraction of sp³-hybridized carbons (Fsp3) is 0.789. The zero-order valence-electron chi connectivity index (χ0n) is 15.9. The molecule has 1 aromatic rings. The second-order valence-electron chi connectivity index (χ2n) is 7.50. The smallest absolute Gasteiger partial charge is 0.275 e. The van der Waals surface area contributed by atoms with Crippen molar-refractivity contribution in [1.82, 2.24) is 19.7 Å². The molecule has 0 bridgehead atoms. The molecular weight excluding hydrogens is 332 g/mol. The summed E-state index contributed by atoms with van der Waals surface area (Å²) >= 11 is 0. The van der Waals surface area contributed by atoms with Crippen molar-refractivity contribution in [3.05, 3.63) is 17.8 Å². The van der Waals surface area contributed by atoms with Gasteiger partial charge in [-0.2, -0.15) is 0 Å². The lowest BCUT2D eigenvalue weighted by molar-refractivity contribution is 0.0627. The molecular formula is C19H32N4O3. The summed E-state index contributed by atoms with van der Waals surface area (Å²) in [5.74, 6) is 0.604. The number of piperazine rings is 1. The number of rotatable bonds is 8. The zero-order chi connectivity index (χ0) is 18.4. The van der Waals surface area contributed by atoms with Gasteiger partial charge in [0.1, 0.15) is 6.26 Å². The minimum atomic E-state index is -0.215. The standard InChI is InChI=1S/C19H32N4O3/c1-2-3-6-16(24)13-21-9-11-22(12-10-21)14-18-20-17(15-26-18)19(25)23-7-4-5-8-23/h15-16,24H,2-14H2,1H3/t16-/m1/s1. The largest absolute Gasteiger partial charge is 0.447 e. The average molecular weight is 364 g/mol. The first-order valence-electron chi connectivity index (χ1n) is 10.0. The summed E-state index contributed by atoms with van der Waals surface area (Å²) in [5.41, 5.74) is 0.430. The molecule has 0 unspecified atom stereocenters. The van der Waals surface area contributed by atoms with E-state index < -0.39 is 0 Å². The number of nitrogens with zero attached hydrogens (tertiary/aromatic N) is 4. The Labute approximate surface area is 156 Å². The number of carbonyl (C=O) groups excluding carboxylic acids is 1. The number of amides is 1. The van der Waals surface area contributed by atoms with E-state index in [2.05, 4.69) is 21.7 Å². The first-order valence-corrected chi connectivity index (χ1v) is 10.0. The number of carbonyl (C=O) groups is 1. The number of likely N-dealkylation sites (tertiary alicyclic amines) is 1. The Morgan fingerprint density at radius 3 is 2.58 bits per heavy atom. The molecule has 0 spiro atoms. The molecule has 2 saturated heterocycles. The molecule has 0 aromatic carbocycles. The van der Waals surface area contributed by atoms with Crippen molar-refractivity contribution in [1.29, 1.82) is 0 Å². The van der Waals surface area contributed by atoms with E-state index in [4.69, 9.17) is 4.42 Å². The third kappa shape index (κ3) is 5.28. The molecule has 146 valence electrons. The van der Waals surface area contributed by atoms with E-state index in [9.17, 15) is 9.90 Å². The van der Waals surface area contributed by atoms with Gasteiger partial charge >= 0.3 is 0 Å². The van der Waals surface area contributed by atoms with Gasteiger partial charge in [-0.1, -0.05) is 19.8 Å². The van der Waals surface area contributed by atoms with Gasteiger partial charge in [-0.3, -0.25) is 14.6 Å². The highest BCUT2D eigenvalue weighted by Gasteiger charge is 2.24. The van der Waals surface area contributed by atoms with Crippen LogP contribution in [-0.2, 0) is 6.54 Å². The summed E-state index contributed by atoms with van der Waals surface area (Å²) < 4.78 is 5.53. The van der Waals surface area contributed by atoms with Gasteiger partial charge in [0.05, 0.1) is 12.6 Å². The number of hydrogen-bond acceptors (Lipinski definition) is 6. The molecule has 2 aliphatic rings. The van der Waals surface area contributed by atoms with Gasteiger partial charge in [0.2, 0.25) is 5.89 Å². The van der Waals surface area contributed by atoms with Crippen LogP contribution in [0.2, 0.25) is 0 Å². The van der Waals surface area contributed by atoms with E-state index in [1.165, 1.54) is 6.26 Å². The Hall–Kier alpha value is -1.44. The fourth-order valence-electron chi connectivity index (χ4n) is 3.71. The van der Waals surface area contributed by atoms with Gasteiger partial charge < -0.3 is 14.4 Å². The van der Waals surface area contributed by atoms with Crippen LogP contribution >= 0.6 is 0 Å². The second kappa shape index (κ2) is 9.48. The lowest BCUT2D eigenvalue weighted by atomic mass is 10.1. The molecule has 7 nitrogen and oxygen atoms in total. The van der Waals surface area contributed by atoms with Crippen LogP contribution in [0.25, 0.3) is 0 Å². The number of aliphatic hydroxyl groups is 1. The summed E-state index contributed by atoms with van der Waals surface area (Å²) in [6.07, 6.45) is 6.54. The fourth-order valence-corrected chi connectivity index (χ4v) is 3.71. The predicted molar refractivity (Wildman–Crippen MR) is 98.9 cm³/mol. The van der Waals surface area contributed by atoms with Crippen LogP contribution in [0.4, 0.5) is 0 Å². The van der Waals surface area contributed by atoms with Gasteiger partial charge in [0.15, 0.2) is 5.69 Å². The van der Waals surface area contributed by atoms with E-state index in [-0.39, 0.29) is 12.0 Å². The quantitative estimate of drug-likeness (QED) is 0.755. The van der Waals surface area contributed by atoms with E-state index in [0.29, 0.717) is 18.1 Å². The Morgan fingerprint density at radius 2 is 1.88 bits per heavy atom. The lowest BCUT2D eigenvalue weighted by Gasteiger charge is -2.35. The minimum Gasteiger partial charge on any atom is -0.447 e. The number of hydrogen-bond donors (Lipinski definition) is 1. The summed E-state index contributed by atoms with van der Waals surface area (Å²) in [4.78, 5) is 23.2. The zero-order valence-corrected chi connectivity index (χ0v) is 15.9. The van der Waals surface area contributed by atoms with Crippen molar-refractivity contribution < 1.29 is 14.3 Å². The monoisotopic (exact) mass is 364 g/mol. The van der Waals surface area contributed by atoms with Crippen LogP contribution in [0.3, 0.4) is 0 Å². The summed E-state index contributed by atoms with van der Waals surface area (Å²) in [6.45, 7) is 8.96. The van der Waals surface area contributed by atoms with Crippen molar-refractivity contribution in [2.24, 2.45) is 0 Å². The molecule has 2 fully saturated rings. The average Bonchev–Trinajstić information content (AvgIpc) is 3.33. The second-order valence-corrected chi connectivity index (χ2v) is 7.50.